The van der Waals surface area contributed by atoms with Gasteiger partial charge in [-0.05, 0) is 31.0 Å². The Bertz CT molecular complexity index is 864. The average molecular weight is 391 g/mol. The Balaban J connectivity index is 1.54. The highest BCUT2D eigenvalue weighted by Crippen LogP contribution is 2.33. The fraction of sp³-hybridized carbons (Fsp3) is 0.400. The summed E-state index contributed by atoms with van der Waals surface area (Å²) in [5.74, 6) is 1.60. The summed E-state index contributed by atoms with van der Waals surface area (Å²) in [6.07, 6.45) is 0. The highest BCUT2D eigenvalue weighted by atomic mass is 32.2. The largest absolute Gasteiger partial charge is 0.486 e. The smallest absolute Gasteiger partial charge is 0.216 e. The molecule has 3 rings (SSSR count). The van der Waals surface area contributed by atoms with E-state index in [1.165, 1.54) is 0 Å². The van der Waals surface area contributed by atoms with E-state index in [1.54, 1.807) is 0 Å². The number of fused-ring (bicyclic) bond motifs is 1. The molecule has 2 aromatic rings. The van der Waals surface area contributed by atoms with Crippen molar-refractivity contribution in [3.63, 3.8) is 0 Å². The molecule has 1 aliphatic heterocycles. The molecule has 0 radical (unpaired) electrons. The zero-order valence-corrected chi connectivity index (χ0v) is 16.5. The van der Waals surface area contributed by atoms with Crippen molar-refractivity contribution in [2.45, 2.75) is 38.7 Å². The fourth-order valence-electron chi connectivity index (χ4n) is 2.99. The van der Waals surface area contributed by atoms with Crippen molar-refractivity contribution in [1.82, 2.24) is 10.0 Å². The minimum Gasteiger partial charge on any atom is -0.486 e. The van der Waals surface area contributed by atoms with Crippen molar-refractivity contribution >= 4 is 10.0 Å². The third-order valence-corrected chi connectivity index (χ3v) is 5.63. The maximum absolute atomic E-state index is 12.0. The summed E-state index contributed by atoms with van der Waals surface area (Å²) in [6.45, 7) is 6.13. The topological polar surface area (TPSA) is 76.7 Å². The average Bonchev–Trinajstić information content (AvgIpc) is 2.62. The molecule has 0 fully saturated rings. The van der Waals surface area contributed by atoms with Gasteiger partial charge in [-0.3, -0.25) is 0 Å². The van der Waals surface area contributed by atoms with Crippen molar-refractivity contribution in [2.24, 2.45) is 0 Å². The van der Waals surface area contributed by atoms with Gasteiger partial charge in [0.2, 0.25) is 10.0 Å². The predicted octanol–water partition coefficient (Wildman–Crippen LogP) is 2.58. The van der Waals surface area contributed by atoms with Crippen LogP contribution in [0, 0.1) is 0 Å². The molecule has 1 aliphatic rings. The van der Waals surface area contributed by atoms with E-state index < -0.39 is 10.0 Å². The number of rotatable bonds is 8. The Labute approximate surface area is 160 Å². The lowest BCUT2D eigenvalue weighted by Crippen LogP contribution is -2.31. The predicted molar refractivity (Wildman–Crippen MR) is 105 cm³/mol. The minimum absolute atomic E-state index is 0.00756. The second kappa shape index (κ2) is 8.73. The second-order valence-corrected chi connectivity index (χ2v) is 8.65. The van der Waals surface area contributed by atoms with Gasteiger partial charge in [-0.25, -0.2) is 13.1 Å². The molecule has 0 unspecified atom stereocenters. The van der Waals surface area contributed by atoms with Crippen LogP contribution in [-0.4, -0.2) is 27.7 Å². The molecule has 0 atom stereocenters. The molecule has 0 bridgehead atoms. The summed E-state index contributed by atoms with van der Waals surface area (Å²) in [6, 6.07) is 13.4. The molecule has 0 aliphatic carbocycles. The van der Waals surface area contributed by atoms with Crippen LogP contribution in [0.5, 0.6) is 11.5 Å². The molecule has 0 saturated heterocycles. The lowest BCUT2D eigenvalue weighted by Gasteiger charge is -2.21. The Morgan fingerprint density at radius 1 is 0.963 bits per heavy atom. The van der Waals surface area contributed by atoms with E-state index in [2.05, 4.69) is 10.0 Å². The van der Waals surface area contributed by atoms with Gasteiger partial charge in [-0.15, -0.1) is 0 Å². The number of sulfonamides is 1. The van der Waals surface area contributed by atoms with E-state index in [4.69, 9.17) is 9.47 Å². The van der Waals surface area contributed by atoms with E-state index in [1.807, 2.05) is 56.3 Å². The third-order valence-electron chi connectivity index (χ3n) is 4.09. The van der Waals surface area contributed by atoms with Crippen molar-refractivity contribution in [3.8, 4) is 11.5 Å². The molecule has 2 N–H and O–H groups in total. The second-order valence-electron chi connectivity index (χ2n) is 6.89. The zero-order chi connectivity index (χ0) is 19.3. The molecule has 0 spiro atoms. The number of nitrogens with one attached hydrogen (secondary N) is 2. The minimum atomic E-state index is -3.30. The Morgan fingerprint density at radius 2 is 1.67 bits per heavy atom. The molecule has 0 saturated carbocycles. The van der Waals surface area contributed by atoms with Crippen LogP contribution in [0.25, 0.3) is 0 Å². The van der Waals surface area contributed by atoms with Crippen LogP contribution < -0.4 is 19.5 Å². The highest BCUT2D eigenvalue weighted by molar-refractivity contribution is 7.88. The molecular weight excluding hydrogens is 364 g/mol. The van der Waals surface area contributed by atoms with Crippen LogP contribution in [0.2, 0.25) is 0 Å². The normalized spacial score (nSPS) is 13.7. The van der Waals surface area contributed by atoms with Gasteiger partial charge in [-0.1, -0.05) is 36.4 Å². The van der Waals surface area contributed by atoms with Crippen LogP contribution in [-0.2, 0) is 28.9 Å². The highest BCUT2D eigenvalue weighted by Gasteiger charge is 2.15. The van der Waals surface area contributed by atoms with E-state index in [-0.39, 0.29) is 11.8 Å². The van der Waals surface area contributed by atoms with Crippen LogP contribution >= 0.6 is 0 Å². The van der Waals surface area contributed by atoms with Gasteiger partial charge in [0.15, 0.2) is 11.5 Å². The Hall–Kier alpha value is -2.09. The molecule has 27 heavy (non-hydrogen) atoms. The van der Waals surface area contributed by atoms with Crippen molar-refractivity contribution in [1.29, 1.82) is 0 Å². The Morgan fingerprint density at radius 3 is 2.41 bits per heavy atom. The molecule has 0 aromatic heterocycles. The van der Waals surface area contributed by atoms with E-state index in [9.17, 15) is 8.42 Å². The van der Waals surface area contributed by atoms with E-state index in [0.29, 0.717) is 26.3 Å². The zero-order valence-electron chi connectivity index (χ0n) is 15.7. The molecular formula is C20H26N2O4S. The first-order valence-electron chi connectivity index (χ1n) is 9.09. The summed E-state index contributed by atoms with van der Waals surface area (Å²) in [7, 11) is -3.30. The SMILES string of the molecule is CC(C)NS(=O)(=O)Cc1ccc(CNCc2cccc3c2OCCO3)cc1. The van der Waals surface area contributed by atoms with Gasteiger partial charge >= 0.3 is 0 Å². The van der Waals surface area contributed by atoms with Crippen molar-refractivity contribution in [3.05, 3.63) is 59.2 Å². The number of hydrogen-bond donors (Lipinski definition) is 2. The lowest BCUT2D eigenvalue weighted by molar-refractivity contribution is 0.169. The maximum Gasteiger partial charge on any atom is 0.216 e. The summed E-state index contributed by atoms with van der Waals surface area (Å²) in [5, 5.41) is 3.40. The standard InChI is InChI=1S/C20H26N2O4S/c1-15(2)22-27(23,24)14-17-8-6-16(7-9-17)12-21-13-18-4-3-5-19-20(18)26-11-10-25-19/h3-9,15,21-22H,10-14H2,1-2H3. The molecule has 0 amide bonds. The van der Waals surface area contributed by atoms with Gasteiger partial charge < -0.3 is 14.8 Å². The molecule has 1 heterocycles. The molecule has 6 nitrogen and oxygen atoms in total. The van der Waals surface area contributed by atoms with Gasteiger partial charge in [0, 0.05) is 24.7 Å². The lowest BCUT2D eigenvalue weighted by atomic mass is 10.1. The van der Waals surface area contributed by atoms with E-state index in [0.717, 1.165) is 28.2 Å². The quantitative estimate of drug-likeness (QED) is 0.725. The number of para-hydroxylation sites is 1. The number of hydrogen-bond acceptors (Lipinski definition) is 5. The number of ether oxygens (including phenoxy) is 2. The summed E-state index contributed by atoms with van der Waals surface area (Å²) >= 11 is 0. The first kappa shape index (κ1) is 19.7. The molecule has 146 valence electrons. The van der Waals surface area contributed by atoms with E-state index >= 15 is 0 Å². The Kier molecular flexibility index (Phi) is 6.36. The maximum atomic E-state index is 12.0. The first-order valence-corrected chi connectivity index (χ1v) is 10.7. The third kappa shape index (κ3) is 5.69. The molecule has 2 aromatic carbocycles. The van der Waals surface area contributed by atoms with Crippen LogP contribution in [0.4, 0.5) is 0 Å². The summed E-state index contributed by atoms with van der Waals surface area (Å²) in [4.78, 5) is 0. The van der Waals surface area contributed by atoms with Crippen LogP contribution in [0.3, 0.4) is 0 Å². The first-order chi connectivity index (χ1) is 12.9. The van der Waals surface area contributed by atoms with Gasteiger partial charge in [0.1, 0.15) is 13.2 Å². The van der Waals surface area contributed by atoms with Crippen LogP contribution in [0.15, 0.2) is 42.5 Å². The fourth-order valence-corrected chi connectivity index (χ4v) is 4.42. The summed E-state index contributed by atoms with van der Waals surface area (Å²) in [5.41, 5.74) is 2.93. The van der Waals surface area contributed by atoms with Crippen molar-refractivity contribution < 1.29 is 17.9 Å². The van der Waals surface area contributed by atoms with Gasteiger partial charge in [0.25, 0.3) is 0 Å². The van der Waals surface area contributed by atoms with Gasteiger partial charge in [-0.2, -0.15) is 0 Å². The monoisotopic (exact) mass is 390 g/mol. The van der Waals surface area contributed by atoms with Gasteiger partial charge in [0.05, 0.1) is 5.75 Å². The number of benzene rings is 2. The van der Waals surface area contributed by atoms with Crippen LogP contribution in [0.1, 0.15) is 30.5 Å². The van der Waals surface area contributed by atoms with Crippen molar-refractivity contribution in [2.75, 3.05) is 13.2 Å². The summed E-state index contributed by atoms with van der Waals surface area (Å²) < 4.78 is 37.9. The molecule has 7 heteroatoms.